The average Bonchev–Trinajstić information content (AvgIpc) is 2.70. The van der Waals surface area contributed by atoms with Crippen LogP contribution < -0.4 is 5.32 Å². The summed E-state index contributed by atoms with van der Waals surface area (Å²) >= 11 is 5.78. The molecule has 18 heavy (non-hydrogen) atoms. The molecule has 0 aliphatic carbocycles. The molecule has 0 unspecified atom stereocenters. The third kappa shape index (κ3) is 2.60. The molecule has 2 aromatic rings. The minimum Gasteiger partial charge on any atom is -0.360 e. The van der Waals surface area contributed by atoms with Gasteiger partial charge in [-0.15, -0.1) is 0 Å². The highest BCUT2D eigenvalue weighted by molar-refractivity contribution is 6.30. The zero-order valence-electron chi connectivity index (χ0n) is 9.63. The van der Waals surface area contributed by atoms with E-state index in [1.165, 1.54) is 6.33 Å². The maximum Gasteiger partial charge on any atom is 0.406 e. The molecule has 1 aromatic carbocycles. The van der Waals surface area contributed by atoms with Gasteiger partial charge in [0.05, 0.1) is 0 Å². The lowest BCUT2D eigenvalue weighted by atomic mass is 10.2. The number of nitro groups is 1. The van der Waals surface area contributed by atoms with Gasteiger partial charge in [-0.3, -0.25) is 4.57 Å². The molecule has 6 nitrogen and oxygen atoms in total. The first kappa shape index (κ1) is 12.4. The molecule has 0 atom stereocenters. The summed E-state index contributed by atoms with van der Waals surface area (Å²) in [6, 6.07) is 7.27. The quantitative estimate of drug-likeness (QED) is 0.682. The number of nitrogens with zero attached hydrogens (tertiary/aromatic N) is 3. The van der Waals surface area contributed by atoms with E-state index in [0.717, 1.165) is 5.56 Å². The fourth-order valence-corrected chi connectivity index (χ4v) is 1.67. The lowest BCUT2D eigenvalue weighted by Crippen LogP contribution is -2.05. The van der Waals surface area contributed by atoms with Crippen LogP contribution in [-0.2, 0) is 13.6 Å². The van der Waals surface area contributed by atoms with Crippen molar-refractivity contribution in [3.63, 3.8) is 0 Å². The Labute approximate surface area is 108 Å². The van der Waals surface area contributed by atoms with Crippen LogP contribution in [0.25, 0.3) is 0 Å². The molecule has 0 fully saturated rings. The topological polar surface area (TPSA) is 73.0 Å². The number of aryl methyl sites for hydroxylation is 1. The first-order chi connectivity index (χ1) is 8.58. The van der Waals surface area contributed by atoms with Crippen LogP contribution in [0.2, 0.25) is 5.02 Å². The van der Waals surface area contributed by atoms with E-state index in [0.29, 0.717) is 17.4 Å². The second kappa shape index (κ2) is 5.05. The summed E-state index contributed by atoms with van der Waals surface area (Å²) in [5.74, 6) is 0.210. The number of nitrogens with one attached hydrogen (secondary N) is 1. The predicted octanol–water partition coefficient (Wildman–Crippen LogP) is 2.59. The van der Waals surface area contributed by atoms with Crippen molar-refractivity contribution >= 4 is 23.2 Å². The van der Waals surface area contributed by atoms with E-state index in [1.807, 2.05) is 12.1 Å². The third-order valence-electron chi connectivity index (χ3n) is 2.46. The van der Waals surface area contributed by atoms with Crippen LogP contribution in [0.3, 0.4) is 0 Å². The standard InChI is InChI=1S/C11H11ClN4O2/c1-15-7-14-11(16(17)18)10(15)13-6-8-2-4-9(12)5-3-8/h2-5,7,13H,6H2,1H3. The summed E-state index contributed by atoms with van der Waals surface area (Å²) < 4.78 is 1.58. The lowest BCUT2D eigenvalue weighted by molar-refractivity contribution is -0.388. The summed E-state index contributed by atoms with van der Waals surface area (Å²) in [7, 11) is 1.70. The Morgan fingerprint density at radius 2 is 2.11 bits per heavy atom. The molecule has 0 saturated carbocycles. The maximum atomic E-state index is 10.8. The fourth-order valence-electron chi connectivity index (χ4n) is 1.54. The Hall–Kier alpha value is -2.08. The van der Waals surface area contributed by atoms with Crippen molar-refractivity contribution in [3.8, 4) is 0 Å². The van der Waals surface area contributed by atoms with Crippen LogP contribution in [0.1, 0.15) is 5.56 Å². The van der Waals surface area contributed by atoms with Gasteiger partial charge in [0, 0.05) is 18.6 Å². The number of hydrogen-bond acceptors (Lipinski definition) is 4. The Bertz CT molecular complexity index is 565. The van der Waals surface area contributed by atoms with Gasteiger partial charge in [-0.2, -0.15) is 0 Å². The second-order valence-electron chi connectivity index (χ2n) is 3.76. The van der Waals surface area contributed by atoms with Gasteiger partial charge < -0.3 is 15.4 Å². The van der Waals surface area contributed by atoms with E-state index in [1.54, 1.807) is 23.7 Å². The zero-order valence-corrected chi connectivity index (χ0v) is 10.4. The minimum absolute atomic E-state index is 0.175. The van der Waals surface area contributed by atoms with Crippen molar-refractivity contribution in [2.24, 2.45) is 7.05 Å². The summed E-state index contributed by atoms with van der Waals surface area (Å²) in [6.45, 7) is 0.470. The summed E-state index contributed by atoms with van der Waals surface area (Å²) in [5.41, 5.74) is 0.981. The first-order valence-corrected chi connectivity index (χ1v) is 5.60. The SMILES string of the molecule is Cn1cnc([N+](=O)[O-])c1NCc1ccc(Cl)cc1. The molecule has 1 aromatic heterocycles. The zero-order chi connectivity index (χ0) is 13.1. The molecular weight excluding hydrogens is 256 g/mol. The van der Waals surface area contributed by atoms with E-state index in [-0.39, 0.29) is 5.82 Å². The van der Waals surface area contributed by atoms with Crippen molar-refractivity contribution < 1.29 is 4.92 Å². The maximum absolute atomic E-state index is 10.8. The molecule has 0 amide bonds. The molecule has 0 aliphatic rings. The normalized spacial score (nSPS) is 10.3. The molecule has 1 N–H and O–H groups in total. The van der Waals surface area contributed by atoms with Crippen LogP contribution in [0.4, 0.5) is 11.6 Å². The molecular formula is C11H11ClN4O2. The number of imidazole rings is 1. The molecule has 0 radical (unpaired) electrons. The van der Waals surface area contributed by atoms with Crippen molar-refractivity contribution in [2.45, 2.75) is 6.54 Å². The van der Waals surface area contributed by atoms with Crippen LogP contribution in [0, 0.1) is 10.1 Å². The Morgan fingerprint density at radius 1 is 1.44 bits per heavy atom. The molecule has 1 heterocycles. The minimum atomic E-state index is -0.510. The summed E-state index contributed by atoms with van der Waals surface area (Å²) in [4.78, 5) is 14.0. The van der Waals surface area contributed by atoms with Gasteiger partial charge in [0.1, 0.15) is 0 Å². The number of rotatable bonds is 4. The Morgan fingerprint density at radius 3 is 2.72 bits per heavy atom. The summed E-state index contributed by atoms with van der Waals surface area (Å²) in [5, 5.41) is 14.4. The van der Waals surface area contributed by atoms with E-state index >= 15 is 0 Å². The van der Waals surface area contributed by atoms with Crippen molar-refractivity contribution in [3.05, 3.63) is 51.3 Å². The molecule has 0 bridgehead atoms. The van der Waals surface area contributed by atoms with Crippen molar-refractivity contribution in [1.82, 2.24) is 9.55 Å². The number of benzene rings is 1. The van der Waals surface area contributed by atoms with Crippen LogP contribution in [-0.4, -0.2) is 14.5 Å². The van der Waals surface area contributed by atoms with Crippen molar-refractivity contribution in [2.75, 3.05) is 5.32 Å². The molecule has 0 aliphatic heterocycles. The smallest absolute Gasteiger partial charge is 0.360 e. The van der Waals surface area contributed by atoms with Gasteiger partial charge in [-0.05, 0) is 27.6 Å². The fraction of sp³-hybridized carbons (Fsp3) is 0.182. The Balaban J connectivity index is 2.12. The van der Waals surface area contributed by atoms with Gasteiger partial charge >= 0.3 is 5.82 Å². The number of anilines is 1. The molecule has 94 valence electrons. The van der Waals surface area contributed by atoms with Gasteiger partial charge in [-0.1, -0.05) is 23.7 Å². The van der Waals surface area contributed by atoms with Crippen LogP contribution in [0.15, 0.2) is 30.6 Å². The lowest BCUT2D eigenvalue weighted by Gasteiger charge is -2.06. The van der Waals surface area contributed by atoms with Gasteiger partial charge in [0.2, 0.25) is 12.1 Å². The average molecular weight is 267 g/mol. The highest BCUT2D eigenvalue weighted by atomic mass is 35.5. The van der Waals surface area contributed by atoms with Crippen molar-refractivity contribution in [1.29, 1.82) is 0 Å². The van der Waals surface area contributed by atoms with Gasteiger partial charge in [0.25, 0.3) is 0 Å². The van der Waals surface area contributed by atoms with Gasteiger partial charge in [-0.25, -0.2) is 0 Å². The van der Waals surface area contributed by atoms with E-state index in [2.05, 4.69) is 10.3 Å². The second-order valence-corrected chi connectivity index (χ2v) is 4.20. The molecule has 2 rings (SSSR count). The van der Waals surface area contributed by atoms with Crippen LogP contribution in [0.5, 0.6) is 0 Å². The Kier molecular flexibility index (Phi) is 3.47. The van der Waals surface area contributed by atoms with E-state index in [4.69, 9.17) is 11.6 Å². The molecule has 0 spiro atoms. The van der Waals surface area contributed by atoms with E-state index in [9.17, 15) is 10.1 Å². The van der Waals surface area contributed by atoms with E-state index < -0.39 is 4.92 Å². The largest absolute Gasteiger partial charge is 0.406 e. The highest BCUT2D eigenvalue weighted by Crippen LogP contribution is 2.21. The monoisotopic (exact) mass is 266 g/mol. The summed E-state index contributed by atoms with van der Waals surface area (Å²) in [6.07, 6.45) is 1.41. The number of hydrogen-bond donors (Lipinski definition) is 1. The van der Waals surface area contributed by atoms with Gasteiger partial charge in [0.15, 0.2) is 0 Å². The highest BCUT2D eigenvalue weighted by Gasteiger charge is 2.19. The molecule has 0 saturated heterocycles. The first-order valence-electron chi connectivity index (χ1n) is 5.22. The molecule has 7 heteroatoms. The third-order valence-corrected chi connectivity index (χ3v) is 2.72. The number of aromatic nitrogens is 2. The number of halogens is 1. The predicted molar refractivity (Wildman–Crippen MR) is 68.6 cm³/mol. The van der Waals surface area contributed by atoms with Crippen LogP contribution >= 0.6 is 11.6 Å².